The van der Waals surface area contributed by atoms with Gasteiger partial charge >= 0.3 is 0 Å². The summed E-state index contributed by atoms with van der Waals surface area (Å²) in [6, 6.07) is 8.02. The summed E-state index contributed by atoms with van der Waals surface area (Å²) in [5.41, 5.74) is 1.13. The van der Waals surface area contributed by atoms with E-state index in [1.807, 2.05) is 30.0 Å². The van der Waals surface area contributed by atoms with E-state index in [9.17, 15) is 0 Å². The van der Waals surface area contributed by atoms with Gasteiger partial charge in [0.15, 0.2) is 0 Å². The lowest BCUT2D eigenvalue weighted by Crippen LogP contribution is -2.02. The molecular weight excluding hydrogens is 194 g/mol. The van der Waals surface area contributed by atoms with Crippen molar-refractivity contribution < 1.29 is 4.74 Å². The minimum atomic E-state index is 0.903. The number of anilines is 1. The maximum atomic E-state index is 5.14. The van der Waals surface area contributed by atoms with Crippen LogP contribution >= 0.6 is 11.8 Å². The van der Waals surface area contributed by atoms with Crippen LogP contribution in [0.2, 0.25) is 0 Å². The Morgan fingerprint density at radius 3 is 3.00 bits per heavy atom. The van der Waals surface area contributed by atoms with Crippen molar-refractivity contribution >= 4 is 17.4 Å². The fourth-order valence-corrected chi connectivity index (χ4v) is 1.62. The minimum Gasteiger partial charge on any atom is -0.497 e. The van der Waals surface area contributed by atoms with Crippen LogP contribution in [0.1, 0.15) is 6.42 Å². The molecule has 0 aromatic heterocycles. The van der Waals surface area contributed by atoms with Gasteiger partial charge in [-0.05, 0) is 30.6 Å². The van der Waals surface area contributed by atoms with E-state index in [2.05, 4.69) is 17.6 Å². The van der Waals surface area contributed by atoms with Crippen molar-refractivity contribution in [3.8, 4) is 5.75 Å². The van der Waals surface area contributed by atoms with E-state index in [4.69, 9.17) is 4.74 Å². The highest BCUT2D eigenvalue weighted by Gasteiger charge is 1.93. The molecule has 1 aromatic rings. The molecule has 0 aliphatic heterocycles. The fourth-order valence-electron chi connectivity index (χ4n) is 1.18. The summed E-state index contributed by atoms with van der Waals surface area (Å²) in [5, 5.41) is 3.36. The molecule has 0 amide bonds. The van der Waals surface area contributed by atoms with Crippen LogP contribution in [-0.2, 0) is 0 Å². The van der Waals surface area contributed by atoms with Crippen molar-refractivity contribution in [1.82, 2.24) is 0 Å². The molecule has 0 aliphatic carbocycles. The second-order valence-corrected chi connectivity index (χ2v) is 3.99. The Bertz CT molecular complexity index is 265. The molecule has 0 radical (unpaired) electrons. The highest BCUT2D eigenvalue weighted by Crippen LogP contribution is 2.16. The van der Waals surface area contributed by atoms with Gasteiger partial charge in [0.25, 0.3) is 0 Å². The largest absolute Gasteiger partial charge is 0.497 e. The molecule has 78 valence electrons. The zero-order chi connectivity index (χ0) is 10.2. The lowest BCUT2D eigenvalue weighted by molar-refractivity contribution is 0.415. The lowest BCUT2D eigenvalue weighted by atomic mass is 10.3. The van der Waals surface area contributed by atoms with Gasteiger partial charge in [0, 0.05) is 18.3 Å². The van der Waals surface area contributed by atoms with Gasteiger partial charge in [-0.2, -0.15) is 11.8 Å². The molecular formula is C11H17NOS. The van der Waals surface area contributed by atoms with E-state index in [1.54, 1.807) is 7.11 Å². The summed E-state index contributed by atoms with van der Waals surface area (Å²) in [5.74, 6) is 2.11. The highest BCUT2D eigenvalue weighted by atomic mass is 32.2. The Kier molecular flexibility index (Phi) is 5.30. The van der Waals surface area contributed by atoms with Crippen molar-refractivity contribution in [3.63, 3.8) is 0 Å². The number of hydrogen-bond donors (Lipinski definition) is 1. The normalized spacial score (nSPS) is 9.86. The van der Waals surface area contributed by atoms with Gasteiger partial charge in [0.1, 0.15) is 5.75 Å². The summed E-state index contributed by atoms with van der Waals surface area (Å²) in [7, 11) is 1.69. The van der Waals surface area contributed by atoms with E-state index in [0.717, 1.165) is 18.0 Å². The first-order valence-corrected chi connectivity index (χ1v) is 6.13. The average molecular weight is 211 g/mol. The Morgan fingerprint density at radius 2 is 2.29 bits per heavy atom. The van der Waals surface area contributed by atoms with Gasteiger partial charge in [-0.15, -0.1) is 0 Å². The van der Waals surface area contributed by atoms with Crippen molar-refractivity contribution in [1.29, 1.82) is 0 Å². The molecule has 14 heavy (non-hydrogen) atoms. The van der Waals surface area contributed by atoms with Crippen LogP contribution in [0.3, 0.4) is 0 Å². The van der Waals surface area contributed by atoms with Crippen molar-refractivity contribution in [2.45, 2.75) is 6.42 Å². The second kappa shape index (κ2) is 6.60. The summed E-state index contributed by atoms with van der Waals surface area (Å²) in [6.45, 7) is 1.02. The first kappa shape index (κ1) is 11.2. The molecule has 0 aliphatic rings. The van der Waals surface area contributed by atoms with Crippen LogP contribution in [-0.4, -0.2) is 25.7 Å². The quantitative estimate of drug-likeness (QED) is 0.731. The van der Waals surface area contributed by atoms with E-state index in [0.29, 0.717) is 0 Å². The van der Waals surface area contributed by atoms with Gasteiger partial charge in [-0.1, -0.05) is 6.07 Å². The van der Waals surface area contributed by atoms with Gasteiger partial charge < -0.3 is 10.1 Å². The molecule has 0 saturated heterocycles. The third kappa shape index (κ3) is 3.92. The number of benzene rings is 1. The highest BCUT2D eigenvalue weighted by molar-refractivity contribution is 7.98. The molecule has 1 N–H and O–H groups in total. The first-order chi connectivity index (χ1) is 6.86. The number of nitrogens with one attached hydrogen (secondary N) is 1. The van der Waals surface area contributed by atoms with Gasteiger partial charge in [-0.25, -0.2) is 0 Å². The van der Waals surface area contributed by atoms with Gasteiger partial charge in [0.05, 0.1) is 7.11 Å². The molecule has 1 aromatic carbocycles. The van der Waals surface area contributed by atoms with Gasteiger partial charge in [0.2, 0.25) is 0 Å². The summed E-state index contributed by atoms with van der Waals surface area (Å²) < 4.78 is 5.14. The monoisotopic (exact) mass is 211 g/mol. The predicted molar refractivity (Wildman–Crippen MR) is 64.5 cm³/mol. The minimum absolute atomic E-state index is 0.903. The molecule has 0 unspecified atom stereocenters. The van der Waals surface area contributed by atoms with E-state index >= 15 is 0 Å². The fraction of sp³-hybridized carbons (Fsp3) is 0.455. The molecule has 3 heteroatoms. The first-order valence-electron chi connectivity index (χ1n) is 4.73. The zero-order valence-corrected chi connectivity index (χ0v) is 9.56. The number of ether oxygens (including phenoxy) is 1. The van der Waals surface area contributed by atoms with E-state index in [-0.39, 0.29) is 0 Å². The van der Waals surface area contributed by atoms with Crippen LogP contribution in [0.5, 0.6) is 5.75 Å². The number of methoxy groups -OCH3 is 1. The zero-order valence-electron chi connectivity index (χ0n) is 8.75. The average Bonchev–Trinajstić information content (AvgIpc) is 2.25. The molecule has 0 fully saturated rings. The van der Waals surface area contributed by atoms with Crippen molar-refractivity contribution in [2.75, 3.05) is 31.0 Å². The molecule has 0 atom stereocenters. The standard InChI is InChI=1S/C11H17NOS/c1-13-11-6-3-5-10(9-11)12-7-4-8-14-2/h3,5-6,9,12H,4,7-8H2,1-2H3. The number of rotatable bonds is 6. The van der Waals surface area contributed by atoms with Crippen LogP contribution in [0.15, 0.2) is 24.3 Å². The number of hydrogen-bond acceptors (Lipinski definition) is 3. The third-order valence-electron chi connectivity index (χ3n) is 1.92. The number of thioether (sulfide) groups is 1. The second-order valence-electron chi connectivity index (χ2n) is 3.01. The topological polar surface area (TPSA) is 21.3 Å². The molecule has 1 rings (SSSR count). The van der Waals surface area contributed by atoms with E-state index in [1.165, 1.54) is 12.2 Å². The SMILES string of the molecule is COc1cccc(NCCCSC)c1. The molecule has 2 nitrogen and oxygen atoms in total. The predicted octanol–water partition coefficient (Wildman–Crippen LogP) is 2.86. The molecule has 0 heterocycles. The van der Waals surface area contributed by atoms with Crippen LogP contribution in [0.25, 0.3) is 0 Å². The Morgan fingerprint density at radius 1 is 1.43 bits per heavy atom. The van der Waals surface area contributed by atoms with Crippen LogP contribution in [0.4, 0.5) is 5.69 Å². The van der Waals surface area contributed by atoms with Crippen molar-refractivity contribution in [2.24, 2.45) is 0 Å². The van der Waals surface area contributed by atoms with Crippen LogP contribution in [0, 0.1) is 0 Å². The smallest absolute Gasteiger partial charge is 0.120 e. The maximum absolute atomic E-state index is 5.14. The van der Waals surface area contributed by atoms with Crippen molar-refractivity contribution in [3.05, 3.63) is 24.3 Å². The van der Waals surface area contributed by atoms with E-state index < -0.39 is 0 Å². The summed E-state index contributed by atoms with van der Waals surface area (Å²) >= 11 is 1.88. The third-order valence-corrected chi connectivity index (χ3v) is 2.62. The summed E-state index contributed by atoms with van der Waals surface area (Å²) in [4.78, 5) is 0. The Balaban J connectivity index is 2.34. The Hall–Kier alpha value is -0.830. The van der Waals surface area contributed by atoms with Crippen LogP contribution < -0.4 is 10.1 Å². The molecule has 0 saturated carbocycles. The van der Waals surface area contributed by atoms with Gasteiger partial charge in [-0.3, -0.25) is 0 Å². The maximum Gasteiger partial charge on any atom is 0.120 e. The lowest BCUT2D eigenvalue weighted by Gasteiger charge is -2.07. The molecule has 0 spiro atoms. The Labute approximate surface area is 90.0 Å². The summed E-state index contributed by atoms with van der Waals surface area (Å²) in [6.07, 6.45) is 3.32. The molecule has 0 bridgehead atoms.